The molecular formula is C37H43N3O7S. The van der Waals surface area contributed by atoms with Gasteiger partial charge < -0.3 is 24.4 Å². The Bertz CT molecular complexity index is 1770. The molecule has 0 aromatic heterocycles. The number of hydrogen-bond donors (Lipinski definition) is 1. The van der Waals surface area contributed by atoms with Gasteiger partial charge in [0.1, 0.15) is 18.3 Å². The Kier molecular flexibility index (Phi) is 12.5. The second-order valence-corrected chi connectivity index (χ2v) is 13.4. The number of sulfonamides is 1. The summed E-state index contributed by atoms with van der Waals surface area (Å²) in [6.45, 7) is 3.81. The van der Waals surface area contributed by atoms with Crippen molar-refractivity contribution in [3.05, 3.63) is 114 Å². The van der Waals surface area contributed by atoms with Crippen molar-refractivity contribution in [2.45, 2.75) is 37.8 Å². The van der Waals surface area contributed by atoms with Gasteiger partial charge in [-0.05, 0) is 53.4 Å². The van der Waals surface area contributed by atoms with Crippen LogP contribution in [0.3, 0.4) is 0 Å². The largest absolute Gasteiger partial charge is 0.497 e. The number of benzene rings is 4. The molecule has 0 aliphatic heterocycles. The van der Waals surface area contributed by atoms with Crippen LogP contribution in [0.1, 0.15) is 25.0 Å². The molecule has 4 aromatic carbocycles. The van der Waals surface area contributed by atoms with Gasteiger partial charge in [-0.25, -0.2) is 8.42 Å². The van der Waals surface area contributed by atoms with Crippen molar-refractivity contribution < 1.29 is 32.2 Å². The summed E-state index contributed by atoms with van der Waals surface area (Å²) in [6.07, 6.45) is 0.211. The van der Waals surface area contributed by atoms with Crippen molar-refractivity contribution in [3.8, 4) is 17.2 Å². The third kappa shape index (κ3) is 9.07. The first kappa shape index (κ1) is 35.8. The van der Waals surface area contributed by atoms with Crippen molar-refractivity contribution in [3.63, 3.8) is 0 Å². The number of rotatable bonds is 16. The highest BCUT2D eigenvalue weighted by Gasteiger charge is 2.35. The number of hydrogen-bond acceptors (Lipinski definition) is 7. The van der Waals surface area contributed by atoms with E-state index in [1.807, 2.05) is 50.2 Å². The van der Waals surface area contributed by atoms with E-state index in [1.165, 1.54) is 37.3 Å². The molecule has 4 aromatic rings. The second-order valence-electron chi connectivity index (χ2n) is 11.6. The Morgan fingerprint density at radius 1 is 0.750 bits per heavy atom. The zero-order valence-electron chi connectivity index (χ0n) is 28.0. The van der Waals surface area contributed by atoms with Crippen molar-refractivity contribution in [1.29, 1.82) is 0 Å². The SMILES string of the molecule is COc1cccc(CN(C(=O)CN(c2ccc(OC)c(OC)c2)S(=O)(=O)c2ccccc2)[C@H](Cc2ccccc2)C(=O)NCC(C)C)c1. The number of ether oxygens (including phenoxy) is 3. The molecule has 0 aliphatic carbocycles. The van der Waals surface area contributed by atoms with E-state index in [0.717, 1.165) is 9.87 Å². The number of anilines is 1. The fourth-order valence-electron chi connectivity index (χ4n) is 5.17. The van der Waals surface area contributed by atoms with Gasteiger partial charge in [0.15, 0.2) is 11.5 Å². The summed E-state index contributed by atoms with van der Waals surface area (Å²) in [5, 5.41) is 3.00. The highest BCUT2D eigenvalue weighted by molar-refractivity contribution is 7.92. The number of nitrogens with one attached hydrogen (secondary N) is 1. The summed E-state index contributed by atoms with van der Waals surface area (Å²) in [5.41, 5.74) is 1.75. The summed E-state index contributed by atoms with van der Waals surface area (Å²) in [7, 11) is 0.209. The monoisotopic (exact) mass is 673 g/mol. The number of carbonyl (C=O) groups excluding carboxylic acids is 2. The third-order valence-corrected chi connectivity index (χ3v) is 9.50. The van der Waals surface area contributed by atoms with Crippen LogP contribution in [-0.2, 0) is 32.6 Å². The van der Waals surface area contributed by atoms with Gasteiger partial charge in [0.05, 0.1) is 31.9 Å². The molecule has 10 nitrogen and oxygen atoms in total. The van der Waals surface area contributed by atoms with E-state index >= 15 is 0 Å². The van der Waals surface area contributed by atoms with Crippen molar-refractivity contribution in [2.75, 3.05) is 38.7 Å². The Hall–Kier alpha value is -5.03. The lowest BCUT2D eigenvalue weighted by molar-refractivity contribution is -0.140. The molecule has 254 valence electrons. The average molecular weight is 674 g/mol. The van der Waals surface area contributed by atoms with E-state index in [0.29, 0.717) is 29.4 Å². The van der Waals surface area contributed by atoms with Crippen LogP contribution in [0.2, 0.25) is 0 Å². The molecule has 0 spiro atoms. The predicted molar refractivity (Wildman–Crippen MR) is 186 cm³/mol. The number of nitrogens with zero attached hydrogens (tertiary/aromatic N) is 2. The minimum absolute atomic E-state index is 0.00226. The molecule has 1 N–H and O–H groups in total. The summed E-state index contributed by atoms with van der Waals surface area (Å²) >= 11 is 0. The topological polar surface area (TPSA) is 114 Å². The molecule has 0 radical (unpaired) electrons. The minimum atomic E-state index is -4.27. The summed E-state index contributed by atoms with van der Waals surface area (Å²) in [6, 6.07) is 28.2. The maximum absolute atomic E-state index is 14.7. The van der Waals surface area contributed by atoms with E-state index in [1.54, 1.807) is 55.6 Å². The van der Waals surface area contributed by atoms with Gasteiger partial charge in [-0.15, -0.1) is 0 Å². The van der Waals surface area contributed by atoms with E-state index in [-0.39, 0.29) is 35.4 Å². The first-order chi connectivity index (χ1) is 23.1. The summed E-state index contributed by atoms with van der Waals surface area (Å²) in [4.78, 5) is 30.1. The molecule has 0 heterocycles. The zero-order chi connectivity index (χ0) is 34.7. The van der Waals surface area contributed by atoms with Crippen LogP contribution in [0.5, 0.6) is 17.2 Å². The van der Waals surface area contributed by atoms with E-state index in [4.69, 9.17) is 14.2 Å². The first-order valence-electron chi connectivity index (χ1n) is 15.6. The molecule has 0 bridgehead atoms. The van der Waals surface area contributed by atoms with Crippen molar-refractivity contribution in [1.82, 2.24) is 10.2 Å². The van der Waals surface area contributed by atoms with E-state index in [9.17, 15) is 18.0 Å². The third-order valence-electron chi connectivity index (χ3n) is 7.71. The van der Waals surface area contributed by atoms with Crippen LogP contribution in [0.4, 0.5) is 5.69 Å². The molecule has 1 atom stereocenters. The number of carbonyl (C=O) groups is 2. The Labute approximate surface area is 283 Å². The van der Waals surface area contributed by atoms with E-state index < -0.39 is 28.5 Å². The smallest absolute Gasteiger partial charge is 0.264 e. The van der Waals surface area contributed by atoms with Crippen LogP contribution in [0.25, 0.3) is 0 Å². The van der Waals surface area contributed by atoms with Crippen LogP contribution < -0.4 is 23.8 Å². The molecule has 0 saturated heterocycles. The maximum Gasteiger partial charge on any atom is 0.264 e. The number of amides is 2. The molecule has 0 aliphatic rings. The van der Waals surface area contributed by atoms with Gasteiger partial charge in [-0.1, -0.05) is 74.5 Å². The summed E-state index contributed by atoms with van der Waals surface area (Å²) < 4.78 is 45.8. The van der Waals surface area contributed by atoms with Crippen LogP contribution in [0, 0.1) is 5.92 Å². The molecule has 0 fully saturated rings. The lowest BCUT2D eigenvalue weighted by atomic mass is 10.0. The lowest BCUT2D eigenvalue weighted by Crippen LogP contribution is -2.53. The highest BCUT2D eigenvalue weighted by Crippen LogP contribution is 2.34. The molecule has 0 unspecified atom stereocenters. The Morgan fingerprint density at radius 3 is 2.02 bits per heavy atom. The van der Waals surface area contributed by atoms with Crippen LogP contribution in [-0.4, -0.2) is 65.6 Å². The number of methoxy groups -OCH3 is 3. The van der Waals surface area contributed by atoms with E-state index in [2.05, 4.69) is 5.32 Å². The van der Waals surface area contributed by atoms with Gasteiger partial charge in [0.25, 0.3) is 10.0 Å². The zero-order valence-corrected chi connectivity index (χ0v) is 28.8. The first-order valence-corrected chi connectivity index (χ1v) is 17.0. The maximum atomic E-state index is 14.7. The van der Waals surface area contributed by atoms with Crippen LogP contribution in [0.15, 0.2) is 108 Å². The lowest BCUT2D eigenvalue weighted by Gasteiger charge is -2.34. The molecule has 4 rings (SSSR count). The van der Waals surface area contributed by atoms with Crippen molar-refractivity contribution >= 4 is 27.5 Å². The highest BCUT2D eigenvalue weighted by atomic mass is 32.2. The quantitative estimate of drug-likeness (QED) is 0.171. The van der Waals surface area contributed by atoms with Gasteiger partial charge in [0.2, 0.25) is 11.8 Å². The van der Waals surface area contributed by atoms with Crippen molar-refractivity contribution in [2.24, 2.45) is 5.92 Å². The van der Waals surface area contributed by atoms with Gasteiger partial charge in [0, 0.05) is 25.6 Å². The molecule has 0 saturated carbocycles. The molecule has 48 heavy (non-hydrogen) atoms. The fourth-order valence-corrected chi connectivity index (χ4v) is 6.60. The van der Waals surface area contributed by atoms with Gasteiger partial charge >= 0.3 is 0 Å². The Morgan fingerprint density at radius 2 is 1.40 bits per heavy atom. The van der Waals surface area contributed by atoms with Crippen LogP contribution >= 0.6 is 0 Å². The normalized spacial score (nSPS) is 11.8. The fraction of sp³-hybridized carbons (Fsp3) is 0.297. The Balaban J connectivity index is 1.84. The average Bonchev–Trinajstić information content (AvgIpc) is 3.11. The summed E-state index contributed by atoms with van der Waals surface area (Å²) in [5.74, 6) is 0.529. The predicted octanol–water partition coefficient (Wildman–Crippen LogP) is 5.32. The molecule has 2 amide bonds. The van der Waals surface area contributed by atoms with Gasteiger partial charge in [-0.2, -0.15) is 0 Å². The minimum Gasteiger partial charge on any atom is -0.497 e. The van der Waals surface area contributed by atoms with Gasteiger partial charge in [-0.3, -0.25) is 13.9 Å². The second kappa shape index (κ2) is 16.7. The molecular weight excluding hydrogens is 630 g/mol. The standard InChI is InChI=1S/C37H43N3O7S/c1-27(2)24-38-37(42)33(22-28-13-8-6-9-14-28)39(25-29-15-12-16-31(21-29)45-3)36(41)26-40(48(43,44)32-17-10-7-11-18-32)30-19-20-34(46-4)35(23-30)47-5/h6-21,23,27,33H,22,24-26H2,1-5H3,(H,38,42)/t33-/m1/s1. The molecule has 11 heteroatoms.